The molecule has 6 nitrogen and oxygen atoms in total. The molecule has 0 saturated carbocycles. The van der Waals surface area contributed by atoms with Gasteiger partial charge in [0, 0.05) is 18.8 Å². The number of ether oxygens (including phenoxy) is 1. The lowest BCUT2D eigenvalue weighted by Crippen LogP contribution is -2.30. The van der Waals surface area contributed by atoms with E-state index in [4.69, 9.17) is 9.84 Å². The molecule has 2 aromatic carbocycles. The molecule has 28 heavy (non-hydrogen) atoms. The van der Waals surface area contributed by atoms with Crippen LogP contribution in [-0.2, 0) is 11.3 Å². The van der Waals surface area contributed by atoms with Gasteiger partial charge in [-0.05, 0) is 30.2 Å². The predicted molar refractivity (Wildman–Crippen MR) is 107 cm³/mol. The summed E-state index contributed by atoms with van der Waals surface area (Å²) in [5, 5.41) is 6.32. The van der Waals surface area contributed by atoms with E-state index in [9.17, 15) is 4.79 Å². The average molecular weight is 374 g/mol. The first-order chi connectivity index (χ1) is 13.7. The maximum atomic E-state index is 13.1. The Kier molecular flexibility index (Phi) is 4.93. The molecule has 0 radical (unpaired) electrons. The molecule has 2 heterocycles. The smallest absolute Gasteiger partial charge is 0.263 e. The van der Waals surface area contributed by atoms with E-state index in [2.05, 4.69) is 4.98 Å². The zero-order valence-electron chi connectivity index (χ0n) is 15.9. The fourth-order valence-corrected chi connectivity index (χ4v) is 3.42. The second-order valence-electron chi connectivity index (χ2n) is 6.75. The van der Waals surface area contributed by atoms with Crippen molar-refractivity contribution in [3.05, 3.63) is 83.9 Å². The summed E-state index contributed by atoms with van der Waals surface area (Å²) >= 11 is 0. The number of hydrogen-bond donors (Lipinski definition) is 0. The van der Waals surface area contributed by atoms with E-state index in [1.54, 1.807) is 18.3 Å². The number of hydrazone groups is 1. The van der Waals surface area contributed by atoms with Crippen LogP contribution in [0.3, 0.4) is 0 Å². The standard InChI is InChI=1S/C22H22N4O2/c1-16-23-12-13-25(16)15-22(27)26-21(18-8-10-19(28-2)11-9-18)14-20(24-26)17-6-4-3-5-7-17/h3-13,21H,14-15H2,1-2H3. The summed E-state index contributed by atoms with van der Waals surface area (Å²) in [7, 11) is 1.64. The van der Waals surface area contributed by atoms with Crippen LogP contribution in [0.2, 0.25) is 0 Å². The zero-order chi connectivity index (χ0) is 19.5. The van der Waals surface area contributed by atoms with Crippen LogP contribution in [0.5, 0.6) is 5.75 Å². The van der Waals surface area contributed by atoms with Crippen LogP contribution in [0.4, 0.5) is 0 Å². The van der Waals surface area contributed by atoms with Crippen molar-refractivity contribution in [1.82, 2.24) is 14.6 Å². The van der Waals surface area contributed by atoms with Gasteiger partial charge in [0.25, 0.3) is 5.91 Å². The van der Waals surface area contributed by atoms with Crippen LogP contribution in [0.1, 0.15) is 29.4 Å². The van der Waals surface area contributed by atoms with E-state index in [0.29, 0.717) is 6.42 Å². The number of nitrogens with zero attached hydrogens (tertiary/aromatic N) is 4. The Morgan fingerprint density at radius 1 is 1.14 bits per heavy atom. The third-order valence-electron chi connectivity index (χ3n) is 5.00. The van der Waals surface area contributed by atoms with Gasteiger partial charge in [0.15, 0.2) is 0 Å². The van der Waals surface area contributed by atoms with Crippen molar-refractivity contribution in [3.63, 3.8) is 0 Å². The minimum Gasteiger partial charge on any atom is -0.497 e. The Hall–Kier alpha value is -3.41. The maximum absolute atomic E-state index is 13.1. The third kappa shape index (κ3) is 3.53. The highest BCUT2D eigenvalue weighted by Gasteiger charge is 2.33. The molecule has 1 aromatic heterocycles. The van der Waals surface area contributed by atoms with Gasteiger partial charge in [-0.1, -0.05) is 42.5 Å². The topological polar surface area (TPSA) is 59.7 Å². The maximum Gasteiger partial charge on any atom is 0.263 e. The number of aromatic nitrogens is 2. The zero-order valence-corrected chi connectivity index (χ0v) is 15.9. The van der Waals surface area contributed by atoms with Gasteiger partial charge in [-0.3, -0.25) is 4.79 Å². The molecule has 1 unspecified atom stereocenters. The van der Waals surface area contributed by atoms with Gasteiger partial charge in [-0.2, -0.15) is 5.10 Å². The number of imidazole rings is 1. The Morgan fingerprint density at radius 3 is 2.54 bits per heavy atom. The van der Waals surface area contributed by atoms with Crippen molar-refractivity contribution in [2.45, 2.75) is 25.9 Å². The Bertz CT molecular complexity index is 993. The van der Waals surface area contributed by atoms with E-state index < -0.39 is 0 Å². The molecule has 6 heteroatoms. The van der Waals surface area contributed by atoms with Crippen molar-refractivity contribution in [1.29, 1.82) is 0 Å². The summed E-state index contributed by atoms with van der Waals surface area (Å²) in [6.45, 7) is 2.10. The Morgan fingerprint density at radius 2 is 1.89 bits per heavy atom. The molecule has 1 aliphatic rings. The van der Waals surface area contributed by atoms with Crippen molar-refractivity contribution in [2.24, 2.45) is 5.10 Å². The normalized spacial score (nSPS) is 16.1. The van der Waals surface area contributed by atoms with Gasteiger partial charge in [0.2, 0.25) is 0 Å². The molecule has 0 bridgehead atoms. The molecule has 3 aromatic rings. The van der Waals surface area contributed by atoms with Gasteiger partial charge in [-0.25, -0.2) is 9.99 Å². The van der Waals surface area contributed by atoms with Gasteiger partial charge >= 0.3 is 0 Å². The number of carbonyl (C=O) groups is 1. The Labute approximate surface area is 164 Å². The minimum absolute atomic E-state index is 0.0622. The summed E-state index contributed by atoms with van der Waals surface area (Å²) in [6, 6.07) is 17.7. The van der Waals surface area contributed by atoms with Crippen molar-refractivity contribution < 1.29 is 9.53 Å². The van der Waals surface area contributed by atoms with Gasteiger partial charge in [-0.15, -0.1) is 0 Å². The van der Waals surface area contributed by atoms with Crippen LogP contribution in [0.25, 0.3) is 0 Å². The minimum atomic E-state index is -0.141. The van der Waals surface area contributed by atoms with Crippen LogP contribution < -0.4 is 4.74 Å². The summed E-state index contributed by atoms with van der Waals surface area (Å²) in [6.07, 6.45) is 4.19. The van der Waals surface area contributed by atoms with Crippen LogP contribution in [0.15, 0.2) is 72.1 Å². The fourth-order valence-electron chi connectivity index (χ4n) is 3.42. The van der Waals surface area contributed by atoms with Gasteiger partial charge in [0.1, 0.15) is 18.1 Å². The molecule has 142 valence electrons. The lowest BCUT2D eigenvalue weighted by Gasteiger charge is -2.22. The largest absolute Gasteiger partial charge is 0.497 e. The van der Waals surface area contributed by atoms with E-state index >= 15 is 0 Å². The highest BCUT2D eigenvalue weighted by Crippen LogP contribution is 2.33. The SMILES string of the molecule is COc1ccc(C2CC(c3ccccc3)=NN2C(=O)Cn2ccnc2C)cc1. The van der Waals surface area contributed by atoms with Crippen LogP contribution in [0, 0.1) is 6.92 Å². The average Bonchev–Trinajstić information content (AvgIpc) is 3.35. The number of amides is 1. The van der Waals surface area contributed by atoms with Gasteiger partial charge in [0.05, 0.1) is 18.9 Å². The molecule has 4 rings (SSSR count). The lowest BCUT2D eigenvalue weighted by molar-refractivity contribution is -0.133. The second kappa shape index (κ2) is 7.68. The molecule has 0 fully saturated rings. The first-order valence-electron chi connectivity index (χ1n) is 9.22. The van der Waals surface area contributed by atoms with E-state index in [1.807, 2.05) is 72.3 Å². The summed E-state index contributed by atoms with van der Waals surface area (Å²) in [5.74, 6) is 1.53. The molecule has 0 aliphatic carbocycles. The first kappa shape index (κ1) is 18.0. The summed E-state index contributed by atoms with van der Waals surface area (Å²) in [5.41, 5.74) is 2.98. The number of rotatable bonds is 5. The quantitative estimate of drug-likeness (QED) is 0.686. The molecular weight excluding hydrogens is 352 g/mol. The molecule has 0 spiro atoms. The monoisotopic (exact) mass is 374 g/mol. The van der Waals surface area contributed by atoms with E-state index in [1.165, 1.54) is 0 Å². The summed E-state index contributed by atoms with van der Waals surface area (Å²) < 4.78 is 7.10. The van der Waals surface area contributed by atoms with E-state index in [-0.39, 0.29) is 18.5 Å². The van der Waals surface area contributed by atoms with Crippen LogP contribution >= 0.6 is 0 Å². The number of benzene rings is 2. The first-order valence-corrected chi connectivity index (χ1v) is 9.22. The molecule has 1 aliphatic heterocycles. The number of carbonyl (C=O) groups excluding carboxylic acids is 1. The predicted octanol–water partition coefficient (Wildman–Crippen LogP) is 3.58. The molecule has 0 saturated heterocycles. The number of aryl methyl sites for hydroxylation is 1. The molecular formula is C22H22N4O2. The molecule has 1 amide bonds. The van der Waals surface area contributed by atoms with Crippen molar-refractivity contribution in [2.75, 3.05) is 7.11 Å². The fraction of sp³-hybridized carbons (Fsp3) is 0.227. The summed E-state index contributed by atoms with van der Waals surface area (Å²) in [4.78, 5) is 17.3. The second-order valence-corrected chi connectivity index (χ2v) is 6.75. The third-order valence-corrected chi connectivity index (χ3v) is 5.00. The van der Waals surface area contributed by atoms with Crippen LogP contribution in [-0.4, -0.2) is 33.3 Å². The highest BCUT2D eigenvalue weighted by atomic mass is 16.5. The number of methoxy groups -OCH3 is 1. The van der Waals surface area contributed by atoms with Crippen molar-refractivity contribution in [3.8, 4) is 5.75 Å². The molecule has 0 N–H and O–H groups in total. The molecule has 1 atom stereocenters. The van der Waals surface area contributed by atoms with Crippen molar-refractivity contribution >= 4 is 11.6 Å². The van der Waals surface area contributed by atoms with Gasteiger partial charge < -0.3 is 9.30 Å². The highest BCUT2D eigenvalue weighted by molar-refractivity contribution is 6.03. The van der Waals surface area contributed by atoms with E-state index in [0.717, 1.165) is 28.4 Å². The lowest BCUT2D eigenvalue weighted by atomic mass is 9.98. The Balaban J connectivity index is 1.65. The number of hydrogen-bond acceptors (Lipinski definition) is 4.